The highest BCUT2D eigenvalue weighted by Crippen LogP contribution is 2.49. The van der Waals surface area contributed by atoms with Gasteiger partial charge in [-0.05, 0) is 18.1 Å². The van der Waals surface area contributed by atoms with Crippen molar-refractivity contribution in [3.63, 3.8) is 0 Å². The number of phosphoric acid groups is 1. The van der Waals surface area contributed by atoms with Gasteiger partial charge in [-0.1, -0.05) is 18.7 Å². The van der Waals surface area contributed by atoms with E-state index in [0.717, 1.165) is 17.3 Å². The van der Waals surface area contributed by atoms with Gasteiger partial charge in [0.2, 0.25) is 0 Å². The van der Waals surface area contributed by atoms with Gasteiger partial charge in [0, 0.05) is 50.6 Å². The summed E-state index contributed by atoms with van der Waals surface area (Å²) in [5, 5.41) is -0.0505. The van der Waals surface area contributed by atoms with Crippen LogP contribution in [0.2, 0.25) is 0 Å². The molecule has 0 amide bonds. The zero-order chi connectivity index (χ0) is 20.1. The molecule has 152 valence electrons. The molecule has 10 heteroatoms. The van der Waals surface area contributed by atoms with Crippen LogP contribution in [0.5, 0.6) is 0 Å². The highest BCUT2D eigenvalue weighted by atomic mass is 32.2. The number of hydrogen-bond donors (Lipinski definition) is 0. The topological polar surface area (TPSA) is 100 Å². The van der Waals surface area contributed by atoms with Gasteiger partial charge in [0.05, 0.1) is 19.8 Å². The molecule has 0 radical (unpaired) electrons. The lowest BCUT2D eigenvalue weighted by Gasteiger charge is -2.19. The Bertz CT molecular complexity index is 633. The van der Waals surface area contributed by atoms with E-state index in [-0.39, 0.29) is 30.9 Å². The number of thioether (sulfide) groups is 1. The number of allylic oxidation sites excluding steroid dienone is 2. The van der Waals surface area contributed by atoms with Crippen LogP contribution in [0.15, 0.2) is 28.9 Å². The average molecular weight is 419 g/mol. The maximum Gasteiger partial charge on any atom is 0.474 e. The highest BCUT2D eigenvalue weighted by Gasteiger charge is 2.26. The SMILES string of the molecule is CCC(COC(=O)/C=C/C1=CN=CC1)COP(=O)(OC)OCCSC(C)=O. The van der Waals surface area contributed by atoms with Crippen molar-refractivity contribution in [1.29, 1.82) is 0 Å². The Kier molecular flexibility index (Phi) is 11.5. The number of carbonyl (C=O) groups is 2. The number of phosphoric ester groups is 1. The molecule has 0 saturated heterocycles. The minimum Gasteiger partial charge on any atom is -0.462 e. The van der Waals surface area contributed by atoms with Crippen molar-refractivity contribution in [3.05, 3.63) is 23.9 Å². The number of nitrogens with zero attached hydrogens (tertiary/aromatic N) is 1. The zero-order valence-electron chi connectivity index (χ0n) is 15.8. The first kappa shape index (κ1) is 23.8. The normalized spacial score (nSPS) is 16.9. The number of aliphatic imine (C=N–C) groups is 1. The lowest BCUT2D eigenvalue weighted by Crippen LogP contribution is -2.18. The van der Waals surface area contributed by atoms with Crippen LogP contribution in [0, 0.1) is 5.92 Å². The smallest absolute Gasteiger partial charge is 0.462 e. The molecule has 2 atom stereocenters. The summed E-state index contributed by atoms with van der Waals surface area (Å²) in [4.78, 5) is 26.6. The second-order valence-electron chi connectivity index (χ2n) is 5.58. The van der Waals surface area contributed by atoms with E-state index >= 15 is 0 Å². The van der Waals surface area contributed by atoms with Gasteiger partial charge in [-0.15, -0.1) is 0 Å². The van der Waals surface area contributed by atoms with Crippen molar-refractivity contribution in [1.82, 2.24) is 0 Å². The van der Waals surface area contributed by atoms with Gasteiger partial charge in [-0.3, -0.25) is 23.4 Å². The predicted octanol–water partition coefficient (Wildman–Crippen LogP) is 3.54. The predicted molar refractivity (Wildman–Crippen MR) is 105 cm³/mol. The van der Waals surface area contributed by atoms with E-state index in [1.54, 1.807) is 18.5 Å². The van der Waals surface area contributed by atoms with Gasteiger partial charge in [-0.25, -0.2) is 9.36 Å². The molecular formula is C17H26NO7PS. The van der Waals surface area contributed by atoms with E-state index in [9.17, 15) is 14.2 Å². The second kappa shape index (κ2) is 13.0. The summed E-state index contributed by atoms with van der Waals surface area (Å²) in [6.45, 7) is 3.58. The minimum atomic E-state index is -3.70. The van der Waals surface area contributed by atoms with Crippen LogP contribution in [-0.4, -0.2) is 50.0 Å². The molecule has 0 aromatic carbocycles. The maximum atomic E-state index is 12.3. The monoisotopic (exact) mass is 419 g/mol. The Morgan fingerprint density at radius 3 is 2.74 bits per heavy atom. The van der Waals surface area contributed by atoms with Gasteiger partial charge in [0.25, 0.3) is 0 Å². The average Bonchev–Trinajstić information content (AvgIpc) is 3.17. The molecule has 1 aliphatic rings. The van der Waals surface area contributed by atoms with E-state index in [2.05, 4.69) is 4.99 Å². The molecule has 27 heavy (non-hydrogen) atoms. The molecule has 1 aliphatic heterocycles. The molecule has 0 N–H and O–H groups in total. The fourth-order valence-corrected chi connectivity index (χ4v) is 3.42. The van der Waals surface area contributed by atoms with E-state index in [1.165, 1.54) is 20.1 Å². The van der Waals surface area contributed by atoms with E-state index in [4.69, 9.17) is 18.3 Å². The number of rotatable bonds is 13. The second-order valence-corrected chi connectivity index (χ2v) is 8.62. The third kappa shape index (κ3) is 10.6. The maximum absolute atomic E-state index is 12.3. The van der Waals surface area contributed by atoms with Gasteiger partial charge in [0.1, 0.15) is 0 Å². The van der Waals surface area contributed by atoms with E-state index in [1.807, 2.05) is 6.92 Å². The number of carbonyl (C=O) groups excluding carboxylic acids is 2. The largest absolute Gasteiger partial charge is 0.474 e. The van der Waals surface area contributed by atoms with Crippen LogP contribution in [0.1, 0.15) is 26.7 Å². The van der Waals surface area contributed by atoms with Crippen LogP contribution in [0.3, 0.4) is 0 Å². The molecule has 1 rings (SSSR count). The van der Waals surface area contributed by atoms with E-state index in [0.29, 0.717) is 18.6 Å². The Labute approximate surface area is 164 Å². The van der Waals surface area contributed by atoms with Gasteiger partial charge < -0.3 is 4.74 Å². The molecule has 0 spiro atoms. The fraction of sp³-hybridized carbons (Fsp3) is 0.588. The molecule has 0 fully saturated rings. The molecule has 0 aliphatic carbocycles. The Morgan fingerprint density at radius 2 is 2.15 bits per heavy atom. The Balaban J connectivity index is 2.34. The first-order valence-electron chi connectivity index (χ1n) is 8.52. The summed E-state index contributed by atoms with van der Waals surface area (Å²) in [6, 6.07) is 0. The molecule has 1 heterocycles. The first-order chi connectivity index (χ1) is 12.9. The van der Waals surface area contributed by atoms with Crippen LogP contribution in [0.25, 0.3) is 0 Å². The minimum absolute atomic E-state index is 0.0505. The molecule has 8 nitrogen and oxygen atoms in total. The Hall–Kier alpha value is -1.25. The highest BCUT2D eigenvalue weighted by molar-refractivity contribution is 8.13. The third-order valence-electron chi connectivity index (χ3n) is 3.47. The zero-order valence-corrected chi connectivity index (χ0v) is 17.5. The number of hydrogen-bond acceptors (Lipinski definition) is 9. The fourth-order valence-electron chi connectivity index (χ4n) is 1.85. The van der Waals surface area contributed by atoms with Crippen molar-refractivity contribution in [2.75, 3.05) is 32.7 Å². The molecule has 0 saturated carbocycles. The lowest BCUT2D eigenvalue weighted by atomic mass is 10.1. The molecule has 0 bridgehead atoms. The standard InChI is InChI=1S/C17H26NO7PS/c1-4-15(12-23-17(20)6-5-16-7-8-18-11-16)13-25-26(21,22-3)24-9-10-27-14(2)19/h5-6,8,11,15H,4,7,9-10,12-13H2,1-3H3/b6-5+. The van der Waals surface area contributed by atoms with Crippen molar-refractivity contribution < 1.29 is 32.5 Å². The van der Waals surface area contributed by atoms with Crippen LogP contribution >= 0.6 is 19.6 Å². The summed E-state index contributed by atoms with van der Waals surface area (Å²) < 4.78 is 32.8. The molecule has 2 unspecified atom stereocenters. The molecule has 0 aromatic rings. The van der Waals surface area contributed by atoms with E-state index < -0.39 is 13.8 Å². The van der Waals surface area contributed by atoms with Crippen LogP contribution in [-0.2, 0) is 32.5 Å². The van der Waals surface area contributed by atoms with Gasteiger partial charge in [-0.2, -0.15) is 0 Å². The Morgan fingerprint density at radius 1 is 1.37 bits per heavy atom. The number of esters is 1. The molecule has 0 aromatic heterocycles. The molecular weight excluding hydrogens is 393 g/mol. The summed E-state index contributed by atoms with van der Waals surface area (Å²) in [5.74, 6) is -0.266. The summed E-state index contributed by atoms with van der Waals surface area (Å²) in [6.07, 6.45) is 7.81. The van der Waals surface area contributed by atoms with Crippen molar-refractivity contribution in [3.8, 4) is 0 Å². The van der Waals surface area contributed by atoms with Gasteiger partial charge in [0.15, 0.2) is 5.12 Å². The van der Waals surface area contributed by atoms with Crippen molar-refractivity contribution in [2.24, 2.45) is 10.9 Å². The van der Waals surface area contributed by atoms with Gasteiger partial charge >= 0.3 is 13.8 Å². The summed E-state index contributed by atoms with van der Waals surface area (Å²) in [5.41, 5.74) is 0.934. The lowest BCUT2D eigenvalue weighted by molar-refractivity contribution is -0.139. The summed E-state index contributed by atoms with van der Waals surface area (Å²) in [7, 11) is -2.47. The van der Waals surface area contributed by atoms with Crippen LogP contribution in [0.4, 0.5) is 0 Å². The number of ether oxygens (including phenoxy) is 1. The quantitative estimate of drug-likeness (QED) is 0.193. The van der Waals surface area contributed by atoms with Crippen LogP contribution < -0.4 is 0 Å². The van der Waals surface area contributed by atoms with Crippen molar-refractivity contribution in [2.45, 2.75) is 26.7 Å². The van der Waals surface area contributed by atoms with Crippen molar-refractivity contribution >= 4 is 36.9 Å². The third-order valence-corrected chi connectivity index (χ3v) is 5.66. The first-order valence-corrected chi connectivity index (χ1v) is 11.0. The summed E-state index contributed by atoms with van der Waals surface area (Å²) >= 11 is 1.06.